The minimum atomic E-state index is -4.52. The van der Waals surface area contributed by atoms with Crippen LogP contribution in [0.4, 0.5) is 30.2 Å². The Labute approximate surface area is 211 Å². The molecule has 0 saturated heterocycles. The van der Waals surface area contributed by atoms with Crippen molar-refractivity contribution in [1.29, 1.82) is 0 Å². The van der Waals surface area contributed by atoms with Gasteiger partial charge in [0.05, 0.1) is 29.6 Å². The van der Waals surface area contributed by atoms with Crippen LogP contribution >= 0.6 is 11.6 Å². The Bertz CT molecular complexity index is 1420. The molecule has 182 valence electrons. The Morgan fingerprint density at radius 1 is 0.806 bits per heavy atom. The molecule has 8 heteroatoms. The Kier molecular flexibility index (Phi) is 6.10. The van der Waals surface area contributed by atoms with E-state index >= 15 is 0 Å². The first-order valence-corrected chi connectivity index (χ1v) is 11.4. The van der Waals surface area contributed by atoms with Crippen LogP contribution in [-0.2, 0) is 6.18 Å². The molecule has 0 spiro atoms. The highest BCUT2D eigenvalue weighted by molar-refractivity contribution is 6.30. The second-order valence-electron chi connectivity index (χ2n) is 8.24. The van der Waals surface area contributed by atoms with E-state index in [1.54, 1.807) is 88.7 Å². The molecule has 0 aliphatic carbocycles. The molecule has 36 heavy (non-hydrogen) atoms. The number of rotatable bonds is 4. The van der Waals surface area contributed by atoms with Gasteiger partial charge in [0, 0.05) is 16.8 Å². The zero-order chi connectivity index (χ0) is 25.4. The highest BCUT2D eigenvalue weighted by Gasteiger charge is 2.41. The van der Waals surface area contributed by atoms with Crippen molar-refractivity contribution >= 4 is 34.6 Å². The second kappa shape index (κ2) is 9.24. The van der Waals surface area contributed by atoms with Gasteiger partial charge in [-0.3, -0.25) is 9.69 Å². The molecule has 0 saturated carbocycles. The number of anilines is 3. The number of halogens is 4. The molecule has 1 unspecified atom stereocenters. The predicted molar refractivity (Wildman–Crippen MR) is 134 cm³/mol. The van der Waals surface area contributed by atoms with E-state index < -0.39 is 17.9 Å². The summed E-state index contributed by atoms with van der Waals surface area (Å²) >= 11 is 6.14. The van der Waals surface area contributed by atoms with Gasteiger partial charge in [-0.25, -0.2) is 0 Å². The van der Waals surface area contributed by atoms with Crippen LogP contribution in [0.5, 0.6) is 5.75 Å². The molecule has 0 radical (unpaired) electrons. The normalized spacial score (nSPS) is 15.6. The molecule has 4 nitrogen and oxygen atoms in total. The highest BCUT2D eigenvalue weighted by Crippen LogP contribution is 2.47. The summed E-state index contributed by atoms with van der Waals surface area (Å²) in [7, 11) is 1.53. The summed E-state index contributed by atoms with van der Waals surface area (Å²) in [6.07, 6.45) is -5.33. The maximum absolute atomic E-state index is 13.9. The molecule has 5 rings (SSSR count). The van der Waals surface area contributed by atoms with Crippen LogP contribution < -0.4 is 14.5 Å². The Morgan fingerprint density at radius 2 is 1.47 bits per heavy atom. The van der Waals surface area contributed by atoms with Gasteiger partial charge in [0.25, 0.3) is 5.91 Å². The number of para-hydroxylation sites is 1. The zero-order valence-electron chi connectivity index (χ0n) is 19.0. The summed E-state index contributed by atoms with van der Waals surface area (Å²) < 4.78 is 46.4. The van der Waals surface area contributed by atoms with Gasteiger partial charge in [-0.05, 0) is 60.2 Å². The van der Waals surface area contributed by atoms with Gasteiger partial charge in [0.2, 0.25) is 0 Å². The Morgan fingerprint density at radius 3 is 2.17 bits per heavy atom. The molecule has 1 aliphatic heterocycles. The van der Waals surface area contributed by atoms with E-state index in [1.165, 1.54) is 13.2 Å². The zero-order valence-corrected chi connectivity index (χ0v) is 19.8. The van der Waals surface area contributed by atoms with Gasteiger partial charge in [-0.1, -0.05) is 48.0 Å². The van der Waals surface area contributed by atoms with E-state index in [9.17, 15) is 18.0 Å². The first-order chi connectivity index (χ1) is 17.3. The average molecular weight is 509 g/mol. The van der Waals surface area contributed by atoms with Gasteiger partial charge in [-0.15, -0.1) is 0 Å². The maximum Gasteiger partial charge on any atom is 0.416 e. The predicted octanol–water partition coefficient (Wildman–Crippen LogP) is 7.86. The number of benzene rings is 4. The molecular weight excluding hydrogens is 489 g/mol. The smallest absolute Gasteiger partial charge is 0.416 e. The number of nitrogens with zero attached hydrogens (tertiary/aromatic N) is 2. The molecular formula is C28H20ClF3N2O2. The third-order valence-corrected chi connectivity index (χ3v) is 6.31. The number of alkyl halides is 3. The number of methoxy groups -OCH3 is 1. The van der Waals surface area contributed by atoms with Crippen molar-refractivity contribution in [3.05, 3.63) is 119 Å². The van der Waals surface area contributed by atoms with E-state index in [2.05, 4.69) is 0 Å². The molecule has 4 aromatic rings. The fourth-order valence-corrected chi connectivity index (χ4v) is 4.54. The molecule has 1 amide bonds. The van der Waals surface area contributed by atoms with Crippen LogP contribution in [0.1, 0.15) is 27.7 Å². The number of fused-ring (bicyclic) bond motifs is 1. The maximum atomic E-state index is 13.9. The topological polar surface area (TPSA) is 32.8 Å². The van der Waals surface area contributed by atoms with Gasteiger partial charge in [0.15, 0.2) is 0 Å². The summed E-state index contributed by atoms with van der Waals surface area (Å²) in [5.74, 6) is 0.252. The van der Waals surface area contributed by atoms with E-state index in [1.807, 2.05) is 0 Å². The standard InChI is InChI=1S/C28H20ClF3N2O2/c1-36-23-9-5-8-22(17-23)34-26(18-12-14-20(29)15-13-18)33(25-11-3-2-10-24(25)27(34)35)21-7-4-6-19(16-21)28(30,31)32/h2-17,26H,1H3. The molecule has 0 fully saturated rings. The van der Waals surface area contributed by atoms with Crippen molar-refractivity contribution in [2.24, 2.45) is 0 Å². The minimum absolute atomic E-state index is 0.289. The molecule has 1 atom stereocenters. The number of amides is 1. The van der Waals surface area contributed by atoms with E-state index in [0.717, 1.165) is 12.1 Å². The van der Waals surface area contributed by atoms with Gasteiger partial charge >= 0.3 is 6.18 Å². The molecule has 0 bridgehead atoms. The lowest BCUT2D eigenvalue weighted by atomic mass is 9.98. The lowest BCUT2D eigenvalue weighted by Gasteiger charge is -2.46. The number of carbonyl (C=O) groups excluding carboxylic acids is 1. The van der Waals surface area contributed by atoms with Crippen molar-refractivity contribution in [3.63, 3.8) is 0 Å². The van der Waals surface area contributed by atoms with Crippen molar-refractivity contribution in [1.82, 2.24) is 0 Å². The van der Waals surface area contributed by atoms with Crippen molar-refractivity contribution in [2.45, 2.75) is 12.3 Å². The number of ether oxygens (including phenoxy) is 1. The first-order valence-electron chi connectivity index (χ1n) is 11.1. The Balaban J connectivity index is 1.80. The molecule has 1 aliphatic rings. The van der Waals surface area contributed by atoms with Crippen molar-refractivity contribution in [3.8, 4) is 5.75 Å². The largest absolute Gasteiger partial charge is 0.497 e. The van der Waals surface area contributed by atoms with Crippen molar-refractivity contribution in [2.75, 3.05) is 16.9 Å². The summed E-state index contributed by atoms with van der Waals surface area (Å²) in [6, 6.07) is 25.9. The summed E-state index contributed by atoms with van der Waals surface area (Å²) in [6.45, 7) is 0. The monoisotopic (exact) mass is 508 g/mol. The van der Waals surface area contributed by atoms with E-state index in [4.69, 9.17) is 16.3 Å². The third kappa shape index (κ3) is 4.27. The van der Waals surface area contributed by atoms with Crippen LogP contribution in [-0.4, -0.2) is 13.0 Å². The Hall–Kier alpha value is -3.97. The lowest BCUT2D eigenvalue weighted by Crippen LogP contribution is -2.48. The molecule has 4 aromatic carbocycles. The fraction of sp³-hybridized carbons (Fsp3) is 0.107. The van der Waals surface area contributed by atoms with Crippen LogP contribution in [0.2, 0.25) is 5.02 Å². The number of hydrogen-bond acceptors (Lipinski definition) is 3. The quantitative estimate of drug-likeness (QED) is 0.281. The minimum Gasteiger partial charge on any atom is -0.497 e. The molecule has 1 heterocycles. The molecule has 0 N–H and O–H groups in total. The summed E-state index contributed by atoms with van der Waals surface area (Å²) in [4.78, 5) is 17.2. The van der Waals surface area contributed by atoms with Gasteiger partial charge < -0.3 is 9.64 Å². The van der Waals surface area contributed by atoms with Crippen LogP contribution in [0.15, 0.2) is 97.1 Å². The average Bonchev–Trinajstić information content (AvgIpc) is 2.89. The summed E-state index contributed by atoms with van der Waals surface area (Å²) in [5.41, 5.74) is 1.58. The SMILES string of the molecule is COc1cccc(N2C(=O)c3ccccc3N(c3cccc(C(F)(F)F)c3)C2c2ccc(Cl)cc2)c1. The summed E-state index contributed by atoms with van der Waals surface area (Å²) in [5, 5.41) is 0.500. The van der Waals surface area contributed by atoms with Crippen LogP contribution in [0, 0.1) is 0 Å². The lowest BCUT2D eigenvalue weighted by molar-refractivity contribution is -0.137. The number of hydrogen-bond donors (Lipinski definition) is 0. The van der Waals surface area contributed by atoms with Crippen LogP contribution in [0.3, 0.4) is 0 Å². The van der Waals surface area contributed by atoms with Gasteiger partial charge in [0.1, 0.15) is 11.9 Å². The third-order valence-electron chi connectivity index (χ3n) is 6.05. The molecule has 0 aromatic heterocycles. The van der Waals surface area contributed by atoms with E-state index in [-0.39, 0.29) is 11.6 Å². The highest BCUT2D eigenvalue weighted by atomic mass is 35.5. The second-order valence-corrected chi connectivity index (χ2v) is 8.67. The number of carbonyl (C=O) groups is 1. The van der Waals surface area contributed by atoms with Crippen molar-refractivity contribution < 1.29 is 22.7 Å². The van der Waals surface area contributed by atoms with E-state index in [0.29, 0.717) is 33.3 Å². The first kappa shape index (κ1) is 23.8. The van der Waals surface area contributed by atoms with Crippen LogP contribution in [0.25, 0.3) is 0 Å². The fourth-order valence-electron chi connectivity index (χ4n) is 4.42. The van der Waals surface area contributed by atoms with Gasteiger partial charge in [-0.2, -0.15) is 13.2 Å².